The highest BCUT2D eigenvalue weighted by Crippen LogP contribution is 2.28. The molecule has 0 saturated heterocycles. The summed E-state index contributed by atoms with van der Waals surface area (Å²) in [6.45, 7) is 2.20. The van der Waals surface area contributed by atoms with Gasteiger partial charge in [-0.25, -0.2) is 4.79 Å². The van der Waals surface area contributed by atoms with E-state index in [2.05, 4.69) is 22.6 Å². The lowest BCUT2D eigenvalue weighted by atomic mass is 10.0. The summed E-state index contributed by atoms with van der Waals surface area (Å²) in [4.78, 5) is 11.8. The molecule has 1 aromatic carbocycles. The molecule has 1 aromatic rings. The summed E-state index contributed by atoms with van der Waals surface area (Å²) in [6, 6.07) is 9.89. The Kier molecular flexibility index (Phi) is 7.35. The van der Waals surface area contributed by atoms with Gasteiger partial charge in [-0.1, -0.05) is 30.3 Å². The highest BCUT2D eigenvalue weighted by atomic mass is 127. The Hall–Kier alpha value is -0.550. The number of halogens is 2. The number of benzene rings is 1. The van der Waals surface area contributed by atoms with Crippen LogP contribution in [-0.4, -0.2) is 18.5 Å². The quantitative estimate of drug-likeness (QED) is 0.317. The molecular formula is C14H16ClIO2. The van der Waals surface area contributed by atoms with Crippen LogP contribution in [0.15, 0.2) is 33.9 Å². The van der Waals surface area contributed by atoms with Crippen LogP contribution in [-0.2, 0) is 9.53 Å². The van der Waals surface area contributed by atoms with E-state index >= 15 is 0 Å². The van der Waals surface area contributed by atoms with Gasteiger partial charge in [-0.2, -0.15) is 0 Å². The van der Waals surface area contributed by atoms with Gasteiger partial charge >= 0.3 is 5.97 Å². The van der Waals surface area contributed by atoms with E-state index in [1.807, 2.05) is 37.3 Å². The molecule has 2 nitrogen and oxygen atoms in total. The first-order valence-electron chi connectivity index (χ1n) is 5.87. The molecule has 0 aliphatic rings. The predicted octanol–water partition coefficient (Wildman–Crippen LogP) is 4.41. The Morgan fingerprint density at radius 1 is 1.33 bits per heavy atom. The molecule has 0 bridgehead atoms. The Balaban J connectivity index is 3.04. The summed E-state index contributed by atoms with van der Waals surface area (Å²) in [5.74, 6) is 0.329. The first-order valence-corrected chi connectivity index (χ1v) is 7.49. The number of rotatable bonds is 6. The van der Waals surface area contributed by atoms with Crippen LogP contribution in [0, 0.1) is 0 Å². The molecule has 0 fully saturated rings. The Bertz CT molecular complexity index is 415. The minimum atomic E-state index is -0.258. The van der Waals surface area contributed by atoms with E-state index in [0.717, 1.165) is 24.0 Å². The first kappa shape index (κ1) is 15.5. The van der Waals surface area contributed by atoms with Gasteiger partial charge in [0.05, 0.1) is 6.61 Å². The van der Waals surface area contributed by atoms with Gasteiger partial charge in [0.2, 0.25) is 0 Å². The fourth-order valence-corrected chi connectivity index (χ4v) is 2.45. The monoisotopic (exact) mass is 378 g/mol. The van der Waals surface area contributed by atoms with E-state index in [-0.39, 0.29) is 5.97 Å². The summed E-state index contributed by atoms with van der Waals surface area (Å²) in [5.41, 5.74) is 2.07. The standard InChI is InChI=1S/C14H16ClIO2/c1-2-18-14(17)13(16)12(9-6-10-15)11-7-4-3-5-8-11/h3-5,7-8H,2,6,9-10H2,1H3/b13-12+. The van der Waals surface area contributed by atoms with Gasteiger partial charge in [0.1, 0.15) is 3.58 Å². The van der Waals surface area contributed by atoms with Crippen molar-refractivity contribution in [3.63, 3.8) is 0 Å². The molecule has 0 spiro atoms. The molecule has 0 unspecified atom stereocenters. The second kappa shape index (κ2) is 8.53. The number of esters is 1. The zero-order chi connectivity index (χ0) is 13.4. The Labute approximate surface area is 127 Å². The van der Waals surface area contributed by atoms with Crippen molar-refractivity contribution >= 4 is 45.7 Å². The smallest absolute Gasteiger partial charge is 0.344 e. The summed E-state index contributed by atoms with van der Waals surface area (Å²) in [7, 11) is 0. The third-order valence-corrected chi connectivity index (χ3v) is 3.76. The molecule has 1 rings (SSSR count). The molecule has 0 heterocycles. The van der Waals surface area contributed by atoms with Crippen LogP contribution in [0.4, 0.5) is 0 Å². The van der Waals surface area contributed by atoms with Crippen molar-refractivity contribution in [3.05, 3.63) is 39.5 Å². The maximum atomic E-state index is 11.8. The molecular weight excluding hydrogens is 363 g/mol. The molecule has 98 valence electrons. The normalized spacial score (nSPS) is 11.9. The molecule has 0 aliphatic carbocycles. The molecule has 0 amide bonds. The number of carbonyl (C=O) groups is 1. The van der Waals surface area contributed by atoms with E-state index in [4.69, 9.17) is 16.3 Å². The van der Waals surface area contributed by atoms with Crippen LogP contribution in [0.1, 0.15) is 25.3 Å². The van der Waals surface area contributed by atoms with E-state index in [0.29, 0.717) is 16.1 Å². The second-order valence-corrected chi connectivity index (χ2v) is 5.13. The van der Waals surface area contributed by atoms with Crippen molar-refractivity contribution in [1.29, 1.82) is 0 Å². The molecule has 4 heteroatoms. The number of hydrogen-bond acceptors (Lipinski definition) is 2. The zero-order valence-corrected chi connectivity index (χ0v) is 13.2. The van der Waals surface area contributed by atoms with Gasteiger partial charge in [0.15, 0.2) is 0 Å². The Morgan fingerprint density at radius 2 is 2.00 bits per heavy atom. The van der Waals surface area contributed by atoms with Crippen LogP contribution in [0.25, 0.3) is 5.57 Å². The number of ether oxygens (including phenoxy) is 1. The second-order valence-electron chi connectivity index (χ2n) is 3.67. The van der Waals surface area contributed by atoms with Crippen LogP contribution >= 0.6 is 34.2 Å². The van der Waals surface area contributed by atoms with Gasteiger partial charge < -0.3 is 4.74 Å². The molecule has 0 saturated carbocycles. The molecule has 0 atom stereocenters. The highest BCUT2D eigenvalue weighted by Gasteiger charge is 2.14. The average molecular weight is 379 g/mol. The van der Waals surface area contributed by atoms with Gasteiger partial charge in [-0.15, -0.1) is 11.6 Å². The van der Waals surface area contributed by atoms with Crippen molar-refractivity contribution in [2.45, 2.75) is 19.8 Å². The third-order valence-electron chi connectivity index (χ3n) is 2.40. The van der Waals surface area contributed by atoms with Crippen LogP contribution < -0.4 is 0 Å². The van der Waals surface area contributed by atoms with E-state index in [9.17, 15) is 4.79 Å². The molecule has 0 N–H and O–H groups in total. The summed E-state index contributed by atoms with van der Waals surface area (Å²) in [5, 5.41) is 0. The number of carbonyl (C=O) groups excluding carboxylic acids is 1. The zero-order valence-electron chi connectivity index (χ0n) is 10.3. The van der Waals surface area contributed by atoms with Crippen molar-refractivity contribution in [3.8, 4) is 0 Å². The van der Waals surface area contributed by atoms with E-state index in [1.54, 1.807) is 0 Å². The summed E-state index contributed by atoms with van der Waals surface area (Å²) < 4.78 is 5.69. The molecule has 0 aliphatic heterocycles. The Morgan fingerprint density at radius 3 is 2.56 bits per heavy atom. The van der Waals surface area contributed by atoms with Gasteiger partial charge in [-0.3, -0.25) is 0 Å². The fraction of sp³-hybridized carbons (Fsp3) is 0.357. The van der Waals surface area contributed by atoms with Gasteiger partial charge in [0, 0.05) is 5.88 Å². The maximum absolute atomic E-state index is 11.8. The molecule has 0 radical (unpaired) electrons. The lowest BCUT2D eigenvalue weighted by molar-refractivity contribution is -0.137. The fourth-order valence-electron chi connectivity index (χ4n) is 1.58. The van der Waals surface area contributed by atoms with Crippen LogP contribution in [0.2, 0.25) is 0 Å². The molecule has 0 aromatic heterocycles. The van der Waals surface area contributed by atoms with Crippen molar-refractivity contribution in [1.82, 2.24) is 0 Å². The predicted molar refractivity (Wildman–Crippen MR) is 84.0 cm³/mol. The minimum Gasteiger partial charge on any atom is -0.462 e. The van der Waals surface area contributed by atoms with E-state index in [1.165, 1.54) is 0 Å². The molecule has 18 heavy (non-hydrogen) atoms. The number of allylic oxidation sites excluding steroid dienone is 1. The van der Waals surface area contributed by atoms with Crippen molar-refractivity contribution < 1.29 is 9.53 Å². The van der Waals surface area contributed by atoms with Gasteiger partial charge in [-0.05, 0) is 53.5 Å². The number of hydrogen-bond donors (Lipinski definition) is 0. The van der Waals surface area contributed by atoms with Crippen LogP contribution in [0.5, 0.6) is 0 Å². The van der Waals surface area contributed by atoms with E-state index < -0.39 is 0 Å². The minimum absolute atomic E-state index is 0.258. The topological polar surface area (TPSA) is 26.3 Å². The largest absolute Gasteiger partial charge is 0.462 e. The average Bonchev–Trinajstić information content (AvgIpc) is 2.40. The summed E-state index contributed by atoms with van der Waals surface area (Å²) in [6.07, 6.45) is 1.63. The van der Waals surface area contributed by atoms with Crippen molar-refractivity contribution in [2.75, 3.05) is 12.5 Å². The lowest BCUT2D eigenvalue weighted by Gasteiger charge is -2.10. The van der Waals surface area contributed by atoms with Crippen molar-refractivity contribution in [2.24, 2.45) is 0 Å². The lowest BCUT2D eigenvalue weighted by Crippen LogP contribution is -2.06. The van der Waals surface area contributed by atoms with Gasteiger partial charge in [0.25, 0.3) is 0 Å². The SMILES string of the molecule is CCOC(=O)/C(I)=C(/CCCCl)c1ccccc1. The number of alkyl halides is 1. The third kappa shape index (κ3) is 4.61. The van der Waals surface area contributed by atoms with Crippen LogP contribution in [0.3, 0.4) is 0 Å². The first-order chi connectivity index (χ1) is 8.70. The maximum Gasteiger partial charge on any atom is 0.344 e. The summed E-state index contributed by atoms with van der Waals surface area (Å²) >= 11 is 7.80. The highest BCUT2D eigenvalue weighted by molar-refractivity contribution is 14.1.